The minimum absolute atomic E-state index is 0.00671. The first-order valence-corrected chi connectivity index (χ1v) is 10.8. The molecule has 0 aromatic rings. The molecule has 3 fully saturated rings. The van der Waals surface area contributed by atoms with Gasteiger partial charge < -0.3 is 9.57 Å². The van der Waals surface area contributed by atoms with Gasteiger partial charge in [-0.05, 0) is 55.3 Å². The number of ketones is 1. The quantitative estimate of drug-likeness (QED) is 0.303. The van der Waals surface area contributed by atoms with E-state index in [-0.39, 0.29) is 29.2 Å². The van der Waals surface area contributed by atoms with Crippen molar-refractivity contribution >= 4 is 23.4 Å². The molecule has 0 aliphatic heterocycles. The Kier molecular flexibility index (Phi) is 4.94. The second-order valence-corrected chi connectivity index (χ2v) is 9.84. The zero-order chi connectivity index (χ0) is 21.0. The molecule has 0 aromatic heterocycles. The molecular weight excluding hydrogens is 370 g/mol. The number of carbonyl (C=O) groups excluding carboxylic acids is 3. The summed E-state index contributed by atoms with van der Waals surface area (Å²) in [4.78, 5) is 40.4. The summed E-state index contributed by atoms with van der Waals surface area (Å²) in [6.07, 6.45) is 8.53. The number of fused-ring (bicyclic) bond motifs is 5. The van der Waals surface area contributed by atoms with E-state index >= 15 is 0 Å². The predicted molar refractivity (Wildman–Crippen MR) is 107 cm³/mol. The van der Waals surface area contributed by atoms with Gasteiger partial charge in [0.15, 0.2) is 5.78 Å². The Morgan fingerprint density at radius 1 is 1.03 bits per heavy atom. The summed E-state index contributed by atoms with van der Waals surface area (Å²) in [6, 6.07) is 0. The molecule has 29 heavy (non-hydrogen) atoms. The molecule has 0 saturated heterocycles. The van der Waals surface area contributed by atoms with Gasteiger partial charge in [0.2, 0.25) is 0 Å². The summed E-state index contributed by atoms with van der Waals surface area (Å²) < 4.78 is 5.50. The molecule has 0 bridgehead atoms. The van der Waals surface area contributed by atoms with Crippen molar-refractivity contribution in [3.8, 4) is 0 Å². The number of nitrogens with zero attached hydrogens (tertiary/aromatic N) is 1. The van der Waals surface area contributed by atoms with Crippen LogP contribution in [0.15, 0.2) is 16.8 Å². The van der Waals surface area contributed by atoms with Crippen molar-refractivity contribution in [3.63, 3.8) is 0 Å². The minimum Gasteiger partial charge on any atom is -0.462 e. The third-order valence-corrected chi connectivity index (χ3v) is 8.26. The fourth-order valence-corrected chi connectivity index (χ4v) is 6.77. The normalized spacial score (nSPS) is 42.4. The summed E-state index contributed by atoms with van der Waals surface area (Å²) in [5.74, 6) is 0.557. The van der Waals surface area contributed by atoms with Crippen LogP contribution in [0, 0.1) is 28.6 Å². The standard InChI is InChI=1S/C23H31NO5/c1-13(25)28-16-7-9-22(3)15(11-16)5-6-17-18(22)8-10-23(4)19(17)12-20(21(23)27)24-29-14(2)26/h5,16-19H,6-12H2,1-4H3/b24-20+/t16-,17+,18-,19-,22-,23-/m0/s1. The minimum atomic E-state index is -0.495. The van der Waals surface area contributed by atoms with E-state index in [2.05, 4.69) is 25.1 Å². The van der Waals surface area contributed by atoms with Gasteiger partial charge in [-0.25, -0.2) is 4.79 Å². The van der Waals surface area contributed by atoms with Crippen molar-refractivity contribution < 1.29 is 24.0 Å². The summed E-state index contributed by atoms with van der Waals surface area (Å²) in [5.41, 5.74) is 1.56. The summed E-state index contributed by atoms with van der Waals surface area (Å²) >= 11 is 0. The van der Waals surface area contributed by atoms with Crippen LogP contribution in [0.5, 0.6) is 0 Å². The van der Waals surface area contributed by atoms with Gasteiger partial charge in [-0.3, -0.25) is 9.59 Å². The van der Waals surface area contributed by atoms with Crippen LogP contribution in [0.2, 0.25) is 0 Å². The van der Waals surface area contributed by atoms with Crippen LogP contribution in [0.25, 0.3) is 0 Å². The fourth-order valence-electron chi connectivity index (χ4n) is 6.77. The SMILES string of the molecule is CC(=O)O/N=C1\C[C@H]2[C@@H]3CC=C4C[C@@H](OC(C)=O)CC[C@]4(C)[C@H]3CC[C@]2(C)C1=O. The molecule has 158 valence electrons. The van der Waals surface area contributed by atoms with Crippen LogP contribution >= 0.6 is 0 Å². The number of hydrogen-bond donors (Lipinski definition) is 0. The third-order valence-electron chi connectivity index (χ3n) is 8.26. The summed E-state index contributed by atoms with van der Waals surface area (Å²) in [5, 5.41) is 3.90. The van der Waals surface area contributed by atoms with E-state index in [4.69, 9.17) is 9.57 Å². The van der Waals surface area contributed by atoms with E-state index < -0.39 is 11.4 Å². The molecule has 0 radical (unpaired) electrons. The molecule has 3 saturated carbocycles. The lowest BCUT2D eigenvalue weighted by Gasteiger charge is -2.56. The third kappa shape index (κ3) is 3.24. The maximum absolute atomic E-state index is 13.1. The average Bonchev–Trinajstić information content (AvgIpc) is 2.91. The lowest BCUT2D eigenvalue weighted by Crippen LogP contribution is -2.50. The zero-order valence-electron chi connectivity index (χ0n) is 17.8. The van der Waals surface area contributed by atoms with Gasteiger partial charge >= 0.3 is 11.9 Å². The van der Waals surface area contributed by atoms with Gasteiger partial charge in [-0.15, -0.1) is 0 Å². The van der Waals surface area contributed by atoms with E-state index in [1.807, 2.05) is 0 Å². The topological polar surface area (TPSA) is 82.0 Å². The number of Topliss-reactive ketones (excluding diaryl/α,β-unsaturated/α-hetero) is 1. The second kappa shape index (κ2) is 7.06. The van der Waals surface area contributed by atoms with E-state index in [0.717, 1.165) is 38.5 Å². The maximum Gasteiger partial charge on any atom is 0.331 e. The van der Waals surface area contributed by atoms with E-state index in [9.17, 15) is 14.4 Å². The van der Waals surface area contributed by atoms with Crippen LogP contribution in [0.1, 0.15) is 72.6 Å². The monoisotopic (exact) mass is 401 g/mol. The Hall–Kier alpha value is -1.98. The van der Waals surface area contributed by atoms with Crippen LogP contribution in [-0.2, 0) is 24.0 Å². The first kappa shape index (κ1) is 20.3. The first-order valence-electron chi connectivity index (χ1n) is 10.8. The molecular formula is C23H31NO5. The number of rotatable bonds is 2. The van der Waals surface area contributed by atoms with Crippen molar-refractivity contribution in [1.82, 2.24) is 0 Å². The largest absolute Gasteiger partial charge is 0.462 e. The van der Waals surface area contributed by atoms with Gasteiger partial charge in [-0.2, -0.15) is 0 Å². The van der Waals surface area contributed by atoms with Crippen molar-refractivity contribution in [2.75, 3.05) is 0 Å². The second-order valence-electron chi connectivity index (χ2n) is 9.84. The molecule has 0 spiro atoms. The van der Waals surface area contributed by atoms with Crippen LogP contribution in [-0.4, -0.2) is 29.5 Å². The van der Waals surface area contributed by atoms with Crippen LogP contribution in [0.3, 0.4) is 0 Å². The predicted octanol–water partition coefficient (Wildman–Crippen LogP) is 3.98. The highest BCUT2D eigenvalue weighted by Crippen LogP contribution is 2.63. The number of hydrogen-bond acceptors (Lipinski definition) is 6. The van der Waals surface area contributed by atoms with Crippen LogP contribution < -0.4 is 0 Å². The first-order chi connectivity index (χ1) is 13.6. The fraction of sp³-hybridized carbons (Fsp3) is 0.739. The highest BCUT2D eigenvalue weighted by Gasteiger charge is 2.60. The highest BCUT2D eigenvalue weighted by molar-refractivity contribution is 6.43. The number of ether oxygens (including phenoxy) is 1. The number of esters is 1. The lowest BCUT2D eigenvalue weighted by molar-refractivity contribution is -0.148. The number of carbonyl (C=O) groups is 3. The van der Waals surface area contributed by atoms with Crippen molar-refractivity contribution in [2.45, 2.75) is 78.7 Å². The summed E-state index contributed by atoms with van der Waals surface area (Å²) in [6.45, 7) is 7.22. The van der Waals surface area contributed by atoms with Gasteiger partial charge in [0.25, 0.3) is 0 Å². The molecule has 6 nitrogen and oxygen atoms in total. The maximum atomic E-state index is 13.1. The molecule has 0 N–H and O–H groups in total. The number of allylic oxidation sites excluding steroid dienone is 1. The molecule has 0 aromatic carbocycles. The van der Waals surface area contributed by atoms with E-state index in [0.29, 0.717) is 24.0 Å². The lowest BCUT2D eigenvalue weighted by atomic mass is 9.48. The van der Waals surface area contributed by atoms with Gasteiger partial charge in [-0.1, -0.05) is 30.7 Å². The Labute approximate surface area is 172 Å². The van der Waals surface area contributed by atoms with E-state index in [1.54, 1.807) is 0 Å². The Balaban J connectivity index is 1.59. The zero-order valence-corrected chi connectivity index (χ0v) is 17.8. The van der Waals surface area contributed by atoms with Crippen molar-refractivity contribution in [1.29, 1.82) is 0 Å². The van der Waals surface area contributed by atoms with Crippen molar-refractivity contribution in [2.24, 2.45) is 33.7 Å². The molecule has 6 atom stereocenters. The van der Waals surface area contributed by atoms with Gasteiger partial charge in [0.05, 0.1) is 0 Å². The van der Waals surface area contributed by atoms with Crippen molar-refractivity contribution in [3.05, 3.63) is 11.6 Å². The van der Waals surface area contributed by atoms with E-state index in [1.165, 1.54) is 19.4 Å². The molecule has 4 aliphatic rings. The molecule has 4 rings (SSSR count). The Bertz CT molecular complexity index is 814. The molecule has 0 unspecified atom stereocenters. The van der Waals surface area contributed by atoms with Crippen LogP contribution in [0.4, 0.5) is 0 Å². The molecule has 4 aliphatic carbocycles. The number of oxime groups is 1. The molecule has 0 heterocycles. The average molecular weight is 402 g/mol. The molecule has 0 amide bonds. The van der Waals surface area contributed by atoms with Gasteiger partial charge in [0, 0.05) is 32.1 Å². The Morgan fingerprint density at radius 3 is 2.45 bits per heavy atom. The molecule has 6 heteroatoms. The van der Waals surface area contributed by atoms with Gasteiger partial charge in [0.1, 0.15) is 11.8 Å². The Morgan fingerprint density at radius 2 is 1.76 bits per heavy atom. The summed E-state index contributed by atoms with van der Waals surface area (Å²) in [7, 11) is 0. The smallest absolute Gasteiger partial charge is 0.331 e. The highest BCUT2D eigenvalue weighted by atomic mass is 16.7.